The van der Waals surface area contributed by atoms with E-state index < -0.39 is 28.5 Å². The lowest BCUT2D eigenvalue weighted by atomic mass is 10.0. The van der Waals surface area contributed by atoms with Crippen LogP contribution in [0.5, 0.6) is 0 Å². The minimum absolute atomic E-state index is 0.0509. The standard InChI is InChI=1S/C29H32Cl3N3O4S/c1-4-20(2)33-29(37)27(14-21-8-6-5-7-9-21)34(18-22-10-12-23(30)13-11-22)28(36)19-35(40(3,38)39)26-16-24(31)15-25(32)17-26/h5-13,15-17,20,27H,4,14,18-19H2,1-3H3,(H,33,37)/t20-,27-/m1/s1. The highest BCUT2D eigenvalue weighted by Gasteiger charge is 2.33. The maximum absolute atomic E-state index is 14.1. The Bertz CT molecular complexity index is 1400. The molecule has 7 nitrogen and oxygen atoms in total. The predicted molar refractivity (Wildman–Crippen MR) is 162 cm³/mol. The maximum atomic E-state index is 14.1. The molecular weight excluding hydrogens is 593 g/mol. The van der Waals surface area contributed by atoms with Crippen molar-refractivity contribution in [1.82, 2.24) is 10.2 Å². The van der Waals surface area contributed by atoms with Crippen molar-refractivity contribution in [2.24, 2.45) is 0 Å². The molecule has 3 aromatic carbocycles. The highest BCUT2D eigenvalue weighted by Crippen LogP contribution is 2.27. The number of benzene rings is 3. The fraction of sp³-hybridized carbons (Fsp3) is 0.310. The quantitative estimate of drug-likeness (QED) is 0.269. The number of anilines is 1. The van der Waals surface area contributed by atoms with Gasteiger partial charge in [0.1, 0.15) is 12.6 Å². The van der Waals surface area contributed by atoms with Crippen molar-refractivity contribution in [3.63, 3.8) is 0 Å². The van der Waals surface area contributed by atoms with Crippen LogP contribution in [0, 0.1) is 0 Å². The molecule has 0 saturated heterocycles. The summed E-state index contributed by atoms with van der Waals surface area (Å²) in [5.41, 5.74) is 1.72. The summed E-state index contributed by atoms with van der Waals surface area (Å²) in [5.74, 6) is -0.908. The van der Waals surface area contributed by atoms with Gasteiger partial charge in [-0.3, -0.25) is 13.9 Å². The first-order valence-electron chi connectivity index (χ1n) is 12.7. The van der Waals surface area contributed by atoms with Gasteiger partial charge in [0, 0.05) is 34.1 Å². The Labute approximate surface area is 251 Å². The molecular formula is C29H32Cl3N3O4S. The molecule has 3 rings (SSSR count). The van der Waals surface area contributed by atoms with Crippen molar-refractivity contribution >= 4 is 62.3 Å². The second kappa shape index (κ2) is 14.2. The van der Waals surface area contributed by atoms with Crippen LogP contribution in [0.25, 0.3) is 0 Å². The molecule has 0 fully saturated rings. The summed E-state index contributed by atoms with van der Waals surface area (Å²) in [5, 5.41) is 3.95. The second-order valence-corrected chi connectivity index (χ2v) is 12.8. The zero-order chi connectivity index (χ0) is 29.4. The number of amides is 2. The summed E-state index contributed by atoms with van der Waals surface area (Å²) in [4.78, 5) is 29.1. The molecule has 1 N–H and O–H groups in total. The summed E-state index contributed by atoms with van der Waals surface area (Å²) in [7, 11) is -3.94. The molecule has 0 radical (unpaired) electrons. The summed E-state index contributed by atoms with van der Waals surface area (Å²) in [6.45, 7) is 3.32. The van der Waals surface area contributed by atoms with E-state index in [4.69, 9.17) is 34.8 Å². The molecule has 2 atom stereocenters. The highest BCUT2D eigenvalue weighted by atomic mass is 35.5. The Morgan fingerprint density at radius 3 is 2.02 bits per heavy atom. The number of hydrogen-bond acceptors (Lipinski definition) is 4. The van der Waals surface area contributed by atoms with E-state index in [-0.39, 0.29) is 40.6 Å². The lowest BCUT2D eigenvalue weighted by Crippen LogP contribution is -2.54. The smallest absolute Gasteiger partial charge is 0.244 e. The van der Waals surface area contributed by atoms with E-state index in [1.165, 1.54) is 23.1 Å². The lowest BCUT2D eigenvalue weighted by molar-refractivity contribution is -0.140. The minimum Gasteiger partial charge on any atom is -0.352 e. The van der Waals surface area contributed by atoms with Gasteiger partial charge in [-0.2, -0.15) is 0 Å². The zero-order valence-electron chi connectivity index (χ0n) is 22.5. The number of nitrogens with one attached hydrogen (secondary N) is 1. The molecule has 0 unspecified atom stereocenters. The molecule has 2 amide bonds. The lowest BCUT2D eigenvalue weighted by Gasteiger charge is -2.34. The highest BCUT2D eigenvalue weighted by molar-refractivity contribution is 7.92. The molecule has 0 aromatic heterocycles. The summed E-state index contributed by atoms with van der Waals surface area (Å²) >= 11 is 18.4. The van der Waals surface area contributed by atoms with Gasteiger partial charge in [0.25, 0.3) is 0 Å². The van der Waals surface area contributed by atoms with Gasteiger partial charge in [0.05, 0.1) is 11.9 Å². The molecule has 0 aliphatic heterocycles. The largest absolute Gasteiger partial charge is 0.352 e. The first-order valence-corrected chi connectivity index (χ1v) is 15.7. The van der Waals surface area contributed by atoms with Gasteiger partial charge in [0.2, 0.25) is 21.8 Å². The van der Waals surface area contributed by atoms with E-state index in [0.717, 1.165) is 21.7 Å². The molecule has 40 heavy (non-hydrogen) atoms. The average molecular weight is 625 g/mol. The third kappa shape index (κ3) is 9.13. The third-order valence-electron chi connectivity index (χ3n) is 6.35. The summed E-state index contributed by atoms with van der Waals surface area (Å²) in [6, 6.07) is 19.5. The SMILES string of the molecule is CC[C@@H](C)NC(=O)[C@@H](Cc1ccccc1)N(Cc1ccc(Cl)cc1)C(=O)CN(c1cc(Cl)cc(Cl)c1)S(C)(=O)=O. The Morgan fingerprint density at radius 1 is 0.875 bits per heavy atom. The van der Waals surface area contributed by atoms with Crippen LogP contribution < -0.4 is 9.62 Å². The fourth-order valence-corrected chi connectivity index (χ4v) is 5.55. The number of rotatable bonds is 12. The monoisotopic (exact) mass is 623 g/mol. The van der Waals surface area contributed by atoms with Crippen molar-refractivity contribution in [2.45, 2.75) is 45.3 Å². The van der Waals surface area contributed by atoms with Gasteiger partial charge < -0.3 is 10.2 Å². The van der Waals surface area contributed by atoms with E-state index in [1.54, 1.807) is 24.3 Å². The molecule has 11 heteroatoms. The van der Waals surface area contributed by atoms with Crippen LogP contribution in [0.1, 0.15) is 31.4 Å². The van der Waals surface area contributed by atoms with E-state index in [0.29, 0.717) is 11.4 Å². The molecule has 214 valence electrons. The normalized spacial score (nSPS) is 12.8. The van der Waals surface area contributed by atoms with Gasteiger partial charge in [-0.1, -0.05) is 84.2 Å². The predicted octanol–water partition coefficient (Wildman–Crippen LogP) is 5.97. The first-order chi connectivity index (χ1) is 18.9. The van der Waals surface area contributed by atoms with Crippen LogP contribution in [0.15, 0.2) is 72.8 Å². The fourth-order valence-electron chi connectivity index (χ4n) is 4.08. The minimum atomic E-state index is -3.94. The molecule has 0 saturated carbocycles. The molecule has 0 spiro atoms. The van der Waals surface area contributed by atoms with Gasteiger partial charge >= 0.3 is 0 Å². The van der Waals surface area contributed by atoms with E-state index in [9.17, 15) is 18.0 Å². The van der Waals surface area contributed by atoms with Gasteiger partial charge in [-0.25, -0.2) is 8.42 Å². The van der Waals surface area contributed by atoms with Crippen LogP contribution in [-0.4, -0.2) is 50.0 Å². The maximum Gasteiger partial charge on any atom is 0.244 e. The summed E-state index contributed by atoms with van der Waals surface area (Å²) < 4.78 is 26.7. The number of halogens is 3. The van der Waals surface area contributed by atoms with Gasteiger partial charge in [-0.05, 0) is 54.8 Å². The number of nitrogens with zero attached hydrogens (tertiary/aromatic N) is 2. The van der Waals surface area contributed by atoms with E-state index in [1.807, 2.05) is 44.2 Å². The van der Waals surface area contributed by atoms with Crippen LogP contribution in [-0.2, 0) is 32.6 Å². The van der Waals surface area contributed by atoms with Crippen LogP contribution in [0.4, 0.5) is 5.69 Å². The average Bonchev–Trinajstić information content (AvgIpc) is 2.89. The first kappa shape index (κ1) is 31.7. The van der Waals surface area contributed by atoms with Crippen LogP contribution in [0.3, 0.4) is 0 Å². The van der Waals surface area contributed by atoms with Crippen molar-refractivity contribution in [2.75, 3.05) is 17.1 Å². The van der Waals surface area contributed by atoms with Crippen molar-refractivity contribution in [3.8, 4) is 0 Å². The van der Waals surface area contributed by atoms with Crippen LogP contribution >= 0.6 is 34.8 Å². The molecule has 0 bridgehead atoms. The van der Waals surface area contributed by atoms with E-state index in [2.05, 4.69) is 5.32 Å². The van der Waals surface area contributed by atoms with Crippen molar-refractivity contribution in [3.05, 3.63) is 99.0 Å². The molecule has 0 aliphatic rings. The number of hydrogen-bond donors (Lipinski definition) is 1. The Balaban J connectivity index is 2.07. The number of carbonyl (C=O) groups is 2. The van der Waals surface area contributed by atoms with Crippen LogP contribution in [0.2, 0.25) is 15.1 Å². The zero-order valence-corrected chi connectivity index (χ0v) is 25.6. The molecule has 3 aromatic rings. The van der Waals surface area contributed by atoms with E-state index >= 15 is 0 Å². The number of sulfonamides is 1. The molecule has 0 aliphatic carbocycles. The van der Waals surface area contributed by atoms with Crippen molar-refractivity contribution < 1.29 is 18.0 Å². The van der Waals surface area contributed by atoms with Crippen molar-refractivity contribution in [1.29, 1.82) is 0 Å². The topological polar surface area (TPSA) is 86.8 Å². The Kier molecular flexibility index (Phi) is 11.3. The third-order valence-corrected chi connectivity index (χ3v) is 8.18. The Hall–Kier alpha value is -2.78. The van der Waals surface area contributed by atoms with Gasteiger partial charge in [0.15, 0.2) is 0 Å². The molecule has 0 heterocycles. The summed E-state index contributed by atoms with van der Waals surface area (Å²) in [6.07, 6.45) is 1.92. The second-order valence-electron chi connectivity index (χ2n) is 9.57. The Morgan fingerprint density at radius 2 is 1.48 bits per heavy atom. The number of carbonyl (C=O) groups excluding carboxylic acids is 2. The van der Waals surface area contributed by atoms with Gasteiger partial charge in [-0.15, -0.1) is 0 Å².